The number of anilines is 1. The predicted octanol–water partition coefficient (Wildman–Crippen LogP) is 1.73. The van der Waals surface area contributed by atoms with E-state index in [2.05, 4.69) is 15.9 Å². The Balaban J connectivity index is 2.18. The van der Waals surface area contributed by atoms with Crippen LogP contribution in [0.25, 0.3) is 0 Å². The number of ether oxygens (including phenoxy) is 2. The van der Waals surface area contributed by atoms with Crippen molar-refractivity contribution in [1.82, 2.24) is 0 Å². The van der Waals surface area contributed by atoms with Crippen molar-refractivity contribution in [2.24, 2.45) is 0 Å². The number of benzene rings is 1. The summed E-state index contributed by atoms with van der Waals surface area (Å²) in [6, 6.07) is 2.39. The standard InChI is InChI=1S/C10H9BrFNO3/c11-7-2-8(12)9(13)1-6(7)10(14)16-5-3-15-4-5/h1-2,5H,3-4,13H2. The molecule has 1 aliphatic rings. The van der Waals surface area contributed by atoms with Crippen molar-refractivity contribution >= 4 is 27.6 Å². The molecule has 0 aromatic heterocycles. The van der Waals surface area contributed by atoms with E-state index in [9.17, 15) is 9.18 Å². The number of esters is 1. The molecule has 0 atom stereocenters. The van der Waals surface area contributed by atoms with Crippen LogP contribution in [0.1, 0.15) is 10.4 Å². The third kappa shape index (κ3) is 2.17. The molecule has 1 heterocycles. The topological polar surface area (TPSA) is 61.6 Å². The molecule has 2 N–H and O–H groups in total. The van der Waals surface area contributed by atoms with Gasteiger partial charge in [0.25, 0.3) is 0 Å². The van der Waals surface area contributed by atoms with Gasteiger partial charge in [-0.05, 0) is 28.1 Å². The molecule has 1 aliphatic heterocycles. The first-order valence-electron chi connectivity index (χ1n) is 4.61. The minimum Gasteiger partial charge on any atom is -0.454 e. The highest BCUT2D eigenvalue weighted by atomic mass is 79.9. The fraction of sp³-hybridized carbons (Fsp3) is 0.300. The zero-order chi connectivity index (χ0) is 11.7. The van der Waals surface area contributed by atoms with Gasteiger partial charge in [0, 0.05) is 4.47 Å². The lowest BCUT2D eigenvalue weighted by molar-refractivity contribution is -0.103. The first-order valence-corrected chi connectivity index (χ1v) is 5.40. The van der Waals surface area contributed by atoms with Gasteiger partial charge in [-0.3, -0.25) is 0 Å². The van der Waals surface area contributed by atoms with Gasteiger partial charge in [0.05, 0.1) is 24.5 Å². The third-order valence-electron chi connectivity index (χ3n) is 2.19. The maximum absolute atomic E-state index is 13.0. The summed E-state index contributed by atoms with van der Waals surface area (Å²) >= 11 is 3.08. The van der Waals surface area contributed by atoms with Crippen molar-refractivity contribution in [2.45, 2.75) is 6.10 Å². The molecule has 4 nitrogen and oxygen atoms in total. The molecule has 1 fully saturated rings. The lowest BCUT2D eigenvalue weighted by Crippen LogP contribution is -2.37. The Morgan fingerprint density at radius 3 is 2.81 bits per heavy atom. The van der Waals surface area contributed by atoms with Gasteiger partial charge in [0.15, 0.2) is 0 Å². The Hall–Kier alpha value is -1.14. The molecule has 1 saturated heterocycles. The molecule has 0 bridgehead atoms. The van der Waals surface area contributed by atoms with Gasteiger partial charge in [0.1, 0.15) is 11.9 Å². The predicted molar refractivity (Wildman–Crippen MR) is 58.5 cm³/mol. The van der Waals surface area contributed by atoms with E-state index in [1.54, 1.807) is 0 Å². The summed E-state index contributed by atoms with van der Waals surface area (Å²) in [5.41, 5.74) is 5.51. The van der Waals surface area contributed by atoms with Crippen molar-refractivity contribution in [3.05, 3.63) is 28.0 Å². The highest BCUT2D eigenvalue weighted by molar-refractivity contribution is 9.10. The molecular weight excluding hydrogens is 281 g/mol. The molecular formula is C10H9BrFNO3. The van der Waals surface area contributed by atoms with E-state index in [0.29, 0.717) is 17.7 Å². The van der Waals surface area contributed by atoms with Crippen LogP contribution in [0.2, 0.25) is 0 Å². The average Bonchev–Trinajstić information content (AvgIpc) is 2.17. The quantitative estimate of drug-likeness (QED) is 0.665. The molecule has 0 spiro atoms. The normalized spacial score (nSPS) is 15.6. The summed E-state index contributed by atoms with van der Waals surface area (Å²) in [5.74, 6) is -1.11. The van der Waals surface area contributed by atoms with E-state index in [4.69, 9.17) is 15.2 Å². The highest BCUT2D eigenvalue weighted by Crippen LogP contribution is 2.24. The molecule has 1 aromatic rings. The number of carbonyl (C=O) groups is 1. The summed E-state index contributed by atoms with van der Waals surface area (Å²) < 4.78 is 23.3. The lowest BCUT2D eigenvalue weighted by atomic mass is 10.2. The molecule has 6 heteroatoms. The largest absolute Gasteiger partial charge is 0.454 e. The van der Waals surface area contributed by atoms with Gasteiger partial charge in [0.2, 0.25) is 0 Å². The number of halogens is 2. The molecule has 0 unspecified atom stereocenters. The molecule has 2 rings (SSSR count). The minimum absolute atomic E-state index is 0.0833. The van der Waals surface area contributed by atoms with E-state index < -0.39 is 11.8 Å². The van der Waals surface area contributed by atoms with Crippen molar-refractivity contribution in [3.63, 3.8) is 0 Å². The number of hydrogen-bond acceptors (Lipinski definition) is 4. The Morgan fingerprint density at radius 2 is 2.25 bits per heavy atom. The number of hydrogen-bond donors (Lipinski definition) is 1. The van der Waals surface area contributed by atoms with E-state index in [0.717, 1.165) is 6.07 Å². The Bertz CT molecular complexity index is 434. The highest BCUT2D eigenvalue weighted by Gasteiger charge is 2.24. The molecule has 1 aromatic carbocycles. The van der Waals surface area contributed by atoms with Crippen LogP contribution in [-0.2, 0) is 9.47 Å². The molecule has 0 aliphatic carbocycles. The van der Waals surface area contributed by atoms with Crippen LogP contribution >= 0.6 is 15.9 Å². The monoisotopic (exact) mass is 289 g/mol. The zero-order valence-corrected chi connectivity index (χ0v) is 9.79. The van der Waals surface area contributed by atoms with E-state index in [1.165, 1.54) is 6.07 Å². The molecule has 0 saturated carbocycles. The number of carbonyl (C=O) groups excluding carboxylic acids is 1. The summed E-state index contributed by atoms with van der Waals surface area (Å²) in [5, 5.41) is 0. The minimum atomic E-state index is -0.574. The number of nitrogen functional groups attached to an aromatic ring is 1. The second kappa shape index (κ2) is 4.39. The van der Waals surface area contributed by atoms with Crippen LogP contribution in [0.15, 0.2) is 16.6 Å². The van der Waals surface area contributed by atoms with E-state index in [-0.39, 0.29) is 17.4 Å². The van der Waals surface area contributed by atoms with Gasteiger partial charge < -0.3 is 15.2 Å². The second-order valence-electron chi connectivity index (χ2n) is 3.42. The first-order chi connectivity index (χ1) is 7.58. The summed E-state index contributed by atoms with van der Waals surface area (Å²) in [6.07, 6.45) is -0.217. The fourth-order valence-electron chi connectivity index (χ4n) is 1.22. The number of nitrogens with two attached hydrogens (primary N) is 1. The Morgan fingerprint density at radius 1 is 1.56 bits per heavy atom. The van der Waals surface area contributed by atoms with E-state index >= 15 is 0 Å². The van der Waals surface area contributed by atoms with Gasteiger partial charge in [-0.25, -0.2) is 9.18 Å². The maximum atomic E-state index is 13.0. The maximum Gasteiger partial charge on any atom is 0.339 e. The first kappa shape index (κ1) is 11.3. The summed E-state index contributed by atoms with van der Waals surface area (Å²) in [7, 11) is 0. The second-order valence-corrected chi connectivity index (χ2v) is 4.27. The van der Waals surface area contributed by atoms with Gasteiger partial charge in [-0.1, -0.05) is 0 Å². The fourth-order valence-corrected chi connectivity index (χ4v) is 1.70. The van der Waals surface area contributed by atoms with Crippen molar-refractivity contribution in [3.8, 4) is 0 Å². The SMILES string of the molecule is Nc1cc(C(=O)OC2COC2)c(Br)cc1F. The van der Waals surface area contributed by atoms with Crippen LogP contribution in [0, 0.1) is 5.82 Å². The zero-order valence-electron chi connectivity index (χ0n) is 8.20. The van der Waals surface area contributed by atoms with Crippen LogP contribution in [0.3, 0.4) is 0 Å². The average molecular weight is 290 g/mol. The third-order valence-corrected chi connectivity index (χ3v) is 2.84. The van der Waals surface area contributed by atoms with Crippen molar-refractivity contribution < 1.29 is 18.7 Å². The van der Waals surface area contributed by atoms with Gasteiger partial charge in [-0.15, -0.1) is 0 Å². The van der Waals surface area contributed by atoms with Crippen LogP contribution in [-0.4, -0.2) is 25.3 Å². The van der Waals surface area contributed by atoms with Gasteiger partial charge >= 0.3 is 5.97 Å². The molecule has 86 valence electrons. The molecule has 0 amide bonds. The Kier molecular flexibility index (Phi) is 3.11. The smallest absolute Gasteiger partial charge is 0.339 e. The summed E-state index contributed by atoms with van der Waals surface area (Å²) in [6.45, 7) is 0.806. The van der Waals surface area contributed by atoms with Crippen molar-refractivity contribution in [1.29, 1.82) is 0 Å². The van der Waals surface area contributed by atoms with Gasteiger partial charge in [-0.2, -0.15) is 0 Å². The lowest BCUT2D eigenvalue weighted by Gasteiger charge is -2.25. The Labute approximate surface area is 99.6 Å². The van der Waals surface area contributed by atoms with Crippen LogP contribution in [0.4, 0.5) is 10.1 Å². The van der Waals surface area contributed by atoms with Crippen LogP contribution < -0.4 is 5.73 Å². The van der Waals surface area contributed by atoms with E-state index in [1.807, 2.05) is 0 Å². The summed E-state index contributed by atoms with van der Waals surface area (Å²) in [4.78, 5) is 11.6. The van der Waals surface area contributed by atoms with Crippen molar-refractivity contribution in [2.75, 3.05) is 18.9 Å². The number of rotatable bonds is 2. The molecule has 16 heavy (non-hydrogen) atoms. The van der Waals surface area contributed by atoms with Crippen LogP contribution in [0.5, 0.6) is 0 Å². The molecule has 0 radical (unpaired) electrons.